The summed E-state index contributed by atoms with van der Waals surface area (Å²) in [5.41, 5.74) is 0.436. The van der Waals surface area contributed by atoms with Crippen LogP contribution in [0.25, 0.3) is 0 Å². The van der Waals surface area contributed by atoms with Crippen LogP contribution in [0.5, 0.6) is 0 Å². The Morgan fingerprint density at radius 1 is 1.28 bits per heavy atom. The second kappa shape index (κ2) is 8.16. The summed E-state index contributed by atoms with van der Waals surface area (Å²) in [6, 6.07) is 0. The van der Waals surface area contributed by atoms with E-state index in [2.05, 4.69) is 38.3 Å². The van der Waals surface area contributed by atoms with Gasteiger partial charge in [0.25, 0.3) is 0 Å². The maximum Gasteiger partial charge on any atom is 0.000565 e. The van der Waals surface area contributed by atoms with Crippen LogP contribution >= 0.6 is 0 Å². The van der Waals surface area contributed by atoms with Crippen molar-refractivity contribution in [1.29, 1.82) is 0 Å². The predicted molar refractivity (Wildman–Crippen MR) is 80.9 cm³/mol. The fourth-order valence-corrected chi connectivity index (χ4v) is 2.88. The van der Waals surface area contributed by atoms with Crippen LogP contribution in [0.2, 0.25) is 0 Å². The van der Waals surface area contributed by atoms with Gasteiger partial charge in [-0.2, -0.15) is 0 Å². The zero-order chi connectivity index (χ0) is 13.4. The highest BCUT2D eigenvalue weighted by molar-refractivity contribution is 4.84. The van der Waals surface area contributed by atoms with Crippen LogP contribution in [-0.4, -0.2) is 26.2 Å². The van der Waals surface area contributed by atoms with E-state index in [1.807, 2.05) is 0 Å². The van der Waals surface area contributed by atoms with Gasteiger partial charge in [0.1, 0.15) is 0 Å². The third kappa shape index (κ3) is 6.19. The first-order valence-electron chi connectivity index (χ1n) is 7.94. The minimum atomic E-state index is 0.436. The van der Waals surface area contributed by atoms with Gasteiger partial charge in [0.2, 0.25) is 0 Å². The lowest BCUT2D eigenvalue weighted by molar-refractivity contribution is 0.166. The maximum absolute atomic E-state index is 3.67. The molecule has 0 aromatic heterocycles. The molecule has 0 bridgehead atoms. The smallest absolute Gasteiger partial charge is 0.000565 e. The molecule has 1 unspecified atom stereocenters. The summed E-state index contributed by atoms with van der Waals surface area (Å²) >= 11 is 0. The topological polar surface area (TPSA) is 24.1 Å². The fraction of sp³-hybridized carbons (Fsp3) is 1.00. The highest BCUT2D eigenvalue weighted by atomic mass is 14.9. The molecule has 1 heterocycles. The third-order valence-corrected chi connectivity index (χ3v) is 4.37. The fourth-order valence-electron chi connectivity index (χ4n) is 2.88. The molecular weight excluding hydrogens is 220 g/mol. The summed E-state index contributed by atoms with van der Waals surface area (Å²) in [6.07, 6.45) is 6.82. The van der Waals surface area contributed by atoms with Crippen molar-refractivity contribution >= 4 is 0 Å². The monoisotopic (exact) mass is 254 g/mol. The molecule has 0 aromatic carbocycles. The van der Waals surface area contributed by atoms with Crippen molar-refractivity contribution in [2.24, 2.45) is 17.3 Å². The standard InChI is InChI=1S/C16H34N2/c1-14(2)8-5-6-10-18-13-16(3,4)15-9-7-11-17-12-15/h14-15,17-18H,5-13H2,1-4H3. The lowest BCUT2D eigenvalue weighted by Crippen LogP contribution is -2.43. The van der Waals surface area contributed by atoms with Crippen LogP contribution in [0.4, 0.5) is 0 Å². The molecule has 0 amide bonds. The summed E-state index contributed by atoms with van der Waals surface area (Å²) in [7, 11) is 0. The van der Waals surface area contributed by atoms with Gasteiger partial charge in [-0.15, -0.1) is 0 Å². The average Bonchev–Trinajstić information content (AvgIpc) is 2.34. The molecule has 0 aromatic rings. The molecule has 1 rings (SSSR count). The van der Waals surface area contributed by atoms with Crippen molar-refractivity contribution < 1.29 is 0 Å². The quantitative estimate of drug-likeness (QED) is 0.649. The van der Waals surface area contributed by atoms with Crippen molar-refractivity contribution in [2.45, 2.75) is 59.8 Å². The normalized spacial score (nSPS) is 21.5. The minimum absolute atomic E-state index is 0.436. The summed E-state index contributed by atoms with van der Waals surface area (Å²) in [5, 5.41) is 7.21. The molecule has 2 heteroatoms. The van der Waals surface area contributed by atoms with Crippen LogP contribution in [0.1, 0.15) is 59.8 Å². The highest BCUT2D eigenvalue weighted by Crippen LogP contribution is 2.30. The largest absolute Gasteiger partial charge is 0.316 e. The molecular formula is C16H34N2. The molecule has 108 valence electrons. The number of unbranched alkanes of at least 4 members (excludes halogenated alkanes) is 1. The zero-order valence-corrected chi connectivity index (χ0v) is 13.0. The summed E-state index contributed by atoms with van der Waals surface area (Å²) in [4.78, 5) is 0. The van der Waals surface area contributed by atoms with E-state index in [0.717, 1.165) is 11.8 Å². The minimum Gasteiger partial charge on any atom is -0.316 e. The van der Waals surface area contributed by atoms with Crippen LogP contribution in [0, 0.1) is 17.3 Å². The second-order valence-electron chi connectivity index (χ2n) is 7.10. The van der Waals surface area contributed by atoms with Crippen molar-refractivity contribution in [2.75, 3.05) is 26.2 Å². The van der Waals surface area contributed by atoms with E-state index in [1.54, 1.807) is 0 Å². The van der Waals surface area contributed by atoms with Gasteiger partial charge in [0, 0.05) is 6.54 Å². The van der Waals surface area contributed by atoms with E-state index in [9.17, 15) is 0 Å². The molecule has 0 spiro atoms. The van der Waals surface area contributed by atoms with Crippen LogP contribution < -0.4 is 10.6 Å². The van der Waals surface area contributed by atoms with E-state index >= 15 is 0 Å². The van der Waals surface area contributed by atoms with Gasteiger partial charge in [-0.05, 0) is 56.1 Å². The Hall–Kier alpha value is -0.0800. The van der Waals surface area contributed by atoms with E-state index in [1.165, 1.54) is 58.3 Å². The van der Waals surface area contributed by atoms with E-state index in [0.29, 0.717) is 5.41 Å². The third-order valence-electron chi connectivity index (χ3n) is 4.37. The molecule has 2 nitrogen and oxygen atoms in total. The second-order valence-corrected chi connectivity index (χ2v) is 7.10. The summed E-state index contributed by atoms with van der Waals surface area (Å²) < 4.78 is 0. The van der Waals surface area contributed by atoms with Crippen LogP contribution in [-0.2, 0) is 0 Å². The number of piperidine rings is 1. The Balaban J connectivity index is 2.09. The Morgan fingerprint density at radius 3 is 2.67 bits per heavy atom. The average molecular weight is 254 g/mol. The lowest BCUT2D eigenvalue weighted by atomic mass is 9.75. The number of hydrogen-bond donors (Lipinski definition) is 2. The zero-order valence-electron chi connectivity index (χ0n) is 13.0. The molecule has 1 atom stereocenters. The molecule has 1 aliphatic heterocycles. The van der Waals surface area contributed by atoms with Crippen LogP contribution in [0.3, 0.4) is 0 Å². The molecule has 2 N–H and O–H groups in total. The summed E-state index contributed by atoms with van der Waals surface area (Å²) in [5.74, 6) is 1.70. The highest BCUT2D eigenvalue weighted by Gasteiger charge is 2.29. The van der Waals surface area contributed by atoms with Gasteiger partial charge >= 0.3 is 0 Å². The SMILES string of the molecule is CC(C)CCCCNCC(C)(C)C1CCCNC1. The Labute approximate surface area is 114 Å². The molecule has 1 aliphatic rings. The molecule has 1 fully saturated rings. The van der Waals surface area contributed by atoms with Gasteiger partial charge in [0.15, 0.2) is 0 Å². The van der Waals surface area contributed by atoms with E-state index in [-0.39, 0.29) is 0 Å². The maximum atomic E-state index is 3.67. The molecule has 0 saturated carbocycles. The van der Waals surface area contributed by atoms with Gasteiger partial charge in [-0.1, -0.05) is 40.5 Å². The van der Waals surface area contributed by atoms with E-state index < -0.39 is 0 Å². The van der Waals surface area contributed by atoms with Crippen molar-refractivity contribution in [3.05, 3.63) is 0 Å². The van der Waals surface area contributed by atoms with Crippen molar-refractivity contribution in [1.82, 2.24) is 10.6 Å². The predicted octanol–water partition coefficient (Wildman–Crippen LogP) is 3.43. The van der Waals surface area contributed by atoms with Gasteiger partial charge in [0.05, 0.1) is 0 Å². The van der Waals surface area contributed by atoms with Crippen molar-refractivity contribution in [3.8, 4) is 0 Å². The first-order valence-corrected chi connectivity index (χ1v) is 7.94. The van der Waals surface area contributed by atoms with Gasteiger partial charge in [-0.25, -0.2) is 0 Å². The van der Waals surface area contributed by atoms with Gasteiger partial charge < -0.3 is 10.6 Å². The lowest BCUT2D eigenvalue weighted by Gasteiger charge is -2.37. The Kier molecular flexibility index (Phi) is 7.25. The van der Waals surface area contributed by atoms with Gasteiger partial charge in [-0.3, -0.25) is 0 Å². The first-order chi connectivity index (χ1) is 8.52. The molecule has 0 radical (unpaired) electrons. The molecule has 18 heavy (non-hydrogen) atoms. The number of nitrogens with one attached hydrogen (secondary N) is 2. The Bertz CT molecular complexity index is 205. The molecule has 1 saturated heterocycles. The Morgan fingerprint density at radius 2 is 2.06 bits per heavy atom. The molecule has 0 aliphatic carbocycles. The summed E-state index contributed by atoms with van der Waals surface area (Å²) in [6.45, 7) is 14.3. The van der Waals surface area contributed by atoms with Crippen molar-refractivity contribution in [3.63, 3.8) is 0 Å². The number of rotatable bonds is 8. The van der Waals surface area contributed by atoms with E-state index in [4.69, 9.17) is 0 Å². The van der Waals surface area contributed by atoms with Crippen LogP contribution in [0.15, 0.2) is 0 Å². The first kappa shape index (κ1) is 16.0. The number of hydrogen-bond acceptors (Lipinski definition) is 2.